The van der Waals surface area contributed by atoms with Crippen LogP contribution in [0.5, 0.6) is 0 Å². The Morgan fingerprint density at radius 2 is 1.52 bits per heavy atom. The van der Waals surface area contributed by atoms with Crippen molar-refractivity contribution in [2.75, 3.05) is 17.8 Å². The van der Waals surface area contributed by atoms with Crippen LogP contribution in [-0.2, 0) is 23.1 Å². The first-order chi connectivity index (χ1) is 15.9. The Labute approximate surface area is 195 Å². The highest BCUT2D eigenvalue weighted by molar-refractivity contribution is 7.92. The van der Waals surface area contributed by atoms with Crippen LogP contribution in [0.4, 0.5) is 5.69 Å². The van der Waals surface area contributed by atoms with Crippen molar-refractivity contribution in [3.63, 3.8) is 0 Å². The van der Waals surface area contributed by atoms with Crippen molar-refractivity contribution >= 4 is 21.6 Å². The molecule has 0 aromatic heterocycles. The van der Waals surface area contributed by atoms with Gasteiger partial charge in [-0.2, -0.15) is 0 Å². The monoisotopic (exact) mass is 463 g/mol. The smallest absolute Gasteiger partial charge is 0.261 e. The van der Waals surface area contributed by atoms with Gasteiger partial charge in [0.15, 0.2) is 0 Å². The lowest BCUT2D eigenvalue weighted by Gasteiger charge is -2.17. The minimum absolute atomic E-state index is 0.195. The number of sulfonamides is 1. The minimum atomic E-state index is -3.68. The molecule has 0 unspecified atom stereocenters. The lowest BCUT2D eigenvalue weighted by molar-refractivity contribution is 0.0951. The van der Waals surface area contributed by atoms with Crippen LogP contribution in [0.2, 0.25) is 0 Å². The Bertz CT molecular complexity index is 1200. The van der Waals surface area contributed by atoms with Gasteiger partial charge in [-0.25, -0.2) is 8.42 Å². The summed E-state index contributed by atoms with van der Waals surface area (Å²) in [7, 11) is -3.68. The quantitative estimate of drug-likeness (QED) is 0.521. The van der Waals surface area contributed by atoms with Gasteiger partial charge in [0.1, 0.15) is 0 Å². The first-order valence-electron chi connectivity index (χ1n) is 11.2. The third-order valence-electron chi connectivity index (χ3n) is 5.88. The van der Waals surface area contributed by atoms with Crippen LogP contribution in [-0.4, -0.2) is 32.3 Å². The van der Waals surface area contributed by atoms with Gasteiger partial charge in [-0.1, -0.05) is 42.0 Å². The van der Waals surface area contributed by atoms with Gasteiger partial charge in [0.2, 0.25) is 0 Å². The van der Waals surface area contributed by atoms with Gasteiger partial charge < -0.3 is 5.32 Å². The van der Waals surface area contributed by atoms with E-state index in [1.165, 1.54) is 18.4 Å². The standard InChI is InChI=1S/C26H29N3O3S/c1-20-8-14-25(15-9-20)33(31,32)28-24-12-10-21(11-13-24)26(30)27-18-22-6-2-3-7-23(22)19-29-16-4-5-17-29/h2-3,6-15,28H,4-5,16-19H2,1H3,(H,27,30). The van der Waals surface area contributed by atoms with E-state index in [4.69, 9.17) is 0 Å². The maximum atomic E-state index is 12.7. The van der Waals surface area contributed by atoms with Crippen LogP contribution in [0, 0.1) is 6.92 Å². The van der Waals surface area contributed by atoms with Gasteiger partial charge in [0, 0.05) is 24.3 Å². The summed E-state index contributed by atoms with van der Waals surface area (Å²) in [4.78, 5) is 15.3. The molecule has 1 heterocycles. The van der Waals surface area contributed by atoms with Crippen molar-refractivity contribution in [3.8, 4) is 0 Å². The number of hydrogen-bond acceptors (Lipinski definition) is 4. The lowest BCUT2D eigenvalue weighted by atomic mass is 10.1. The van der Waals surface area contributed by atoms with E-state index in [2.05, 4.69) is 27.1 Å². The zero-order valence-electron chi connectivity index (χ0n) is 18.8. The maximum absolute atomic E-state index is 12.7. The van der Waals surface area contributed by atoms with Crippen molar-refractivity contribution < 1.29 is 13.2 Å². The van der Waals surface area contributed by atoms with E-state index < -0.39 is 10.0 Å². The third-order valence-corrected chi connectivity index (χ3v) is 7.28. The summed E-state index contributed by atoms with van der Waals surface area (Å²) in [6.07, 6.45) is 2.49. The SMILES string of the molecule is Cc1ccc(S(=O)(=O)Nc2ccc(C(=O)NCc3ccccc3CN3CCCC3)cc2)cc1. The molecule has 1 aliphatic rings. The molecule has 0 aliphatic carbocycles. The molecule has 6 nitrogen and oxygen atoms in total. The largest absolute Gasteiger partial charge is 0.348 e. The fraction of sp³-hybridized carbons (Fsp3) is 0.269. The van der Waals surface area contributed by atoms with Crippen molar-refractivity contribution in [2.24, 2.45) is 0 Å². The molecule has 33 heavy (non-hydrogen) atoms. The summed E-state index contributed by atoms with van der Waals surface area (Å²) < 4.78 is 27.7. The number of anilines is 1. The molecule has 3 aromatic rings. The van der Waals surface area contributed by atoms with Crippen molar-refractivity contribution in [1.82, 2.24) is 10.2 Å². The van der Waals surface area contributed by atoms with Gasteiger partial charge in [0.25, 0.3) is 15.9 Å². The summed E-state index contributed by atoms with van der Waals surface area (Å²) in [6, 6.07) is 21.3. The van der Waals surface area contributed by atoms with Gasteiger partial charge in [0.05, 0.1) is 4.90 Å². The predicted molar refractivity (Wildman–Crippen MR) is 131 cm³/mol. The zero-order valence-corrected chi connectivity index (χ0v) is 19.6. The van der Waals surface area contributed by atoms with E-state index in [0.29, 0.717) is 17.8 Å². The van der Waals surface area contributed by atoms with Crippen LogP contribution in [0.1, 0.15) is 39.9 Å². The second-order valence-electron chi connectivity index (χ2n) is 8.43. The highest BCUT2D eigenvalue weighted by Gasteiger charge is 2.16. The van der Waals surface area contributed by atoms with E-state index in [0.717, 1.165) is 30.8 Å². The Morgan fingerprint density at radius 1 is 0.879 bits per heavy atom. The number of hydrogen-bond donors (Lipinski definition) is 2. The van der Waals surface area contributed by atoms with Gasteiger partial charge in [-0.15, -0.1) is 0 Å². The normalized spacial score (nSPS) is 14.2. The number of benzene rings is 3. The molecule has 0 spiro atoms. The van der Waals surface area contributed by atoms with Crippen LogP contribution in [0.15, 0.2) is 77.7 Å². The highest BCUT2D eigenvalue weighted by atomic mass is 32.2. The zero-order chi connectivity index (χ0) is 23.3. The molecular formula is C26H29N3O3S. The molecule has 1 saturated heterocycles. The average molecular weight is 464 g/mol. The lowest BCUT2D eigenvalue weighted by Crippen LogP contribution is -2.25. The number of rotatable bonds is 8. The Kier molecular flexibility index (Phi) is 7.11. The number of likely N-dealkylation sites (tertiary alicyclic amines) is 1. The van der Waals surface area contributed by atoms with Crippen molar-refractivity contribution in [3.05, 3.63) is 95.1 Å². The minimum Gasteiger partial charge on any atom is -0.348 e. The van der Waals surface area contributed by atoms with Gasteiger partial charge in [-0.05, 0) is 80.4 Å². The molecule has 172 valence electrons. The van der Waals surface area contributed by atoms with Crippen LogP contribution in [0.3, 0.4) is 0 Å². The fourth-order valence-electron chi connectivity index (χ4n) is 3.96. The number of carbonyl (C=O) groups is 1. The van der Waals surface area contributed by atoms with Crippen LogP contribution >= 0.6 is 0 Å². The molecule has 2 N–H and O–H groups in total. The molecule has 7 heteroatoms. The molecule has 3 aromatic carbocycles. The second-order valence-corrected chi connectivity index (χ2v) is 10.1. The number of nitrogens with zero attached hydrogens (tertiary/aromatic N) is 1. The summed E-state index contributed by atoms with van der Waals surface area (Å²) in [6.45, 7) is 5.51. The molecular weight excluding hydrogens is 434 g/mol. The number of amides is 1. The van der Waals surface area contributed by atoms with E-state index in [-0.39, 0.29) is 10.8 Å². The second kappa shape index (κ2) is 10.2. The van der Waals surface area contributed by atoms with E-state index in [1.807, 2.05) is 19.1 Å². The first-order valence-corrected chi connectivity index (χ1v) is 12.7. The van der Waals surface area contributed by atoms with Crippen LogP contribution in [0.25, 0.3) is 0 Å². The number of carbonyl (C=O) groups excluding carboxylic acids is 1. The molecule has 0 atom stereocenters. The fourth-order valence-corrected chi connectivity index (χ4v) is 5.02. The Morgan fingerprint density at radius 3 is 2.18 bits per heavy atom. The predicted octanol–water partition coefficient (Wildman–Crippen LogP) is 4.32. The molecule has 0 radical (unpaired) electrons. The van der Waals surface area contributed by atoms with Crippen LogP contribution < -0.4 is 10.0 Å². The topological polar surface area (TPSA) is 78.5 Å². The molecule has 1 fully saturated rings. The van der Waals surface area contributed by atoms with E-state index in [1.54, 1.807) is 48.5 Å². The summed E-state index contributed by atoms with van der Waals surface area (Å²) >= 11 is 0. The maximum Gasteiger partial charge on any atom is 0.261 e. The van der Waals surface area contributed by atoms with E-state index >= 15 is 0 Å². The van der Waals surface area contributed by atoms with Gasteiger partial charge >= 0.3 is 0 Å². The first kappa shape index (κ1) is 23.0. The summed E-state index contributed by atoms with van der Waals surface area (Å²) in [5.41, 5.74) is 4.22. The molecule has 1 amide bonds. The molecule has 1 aliphatic heterocycles. The molecule has 0 bridgehead atoms. The Hall–Kier alpha value is -3.16. The summed E-state index contributed by atoms with van der Waals surface area (Å²) in [5.74, 6) is -0.195. The Balaban J connectivity index is 1.37. The highest BCUT2D eigenvalue weighted by Crippen LogP contribution is 2.18. The van der Waals surface area contributed by atoms with Crippen molar-refractivity contribution in [2.45, 2.75) is 37.8 Å². The van der Waals surface area contributed by atoms with E-state index in [9.17, 15) is 13.2 Å². The summed E-state index contributed by atoms with van der Waals surface area (Å²) in [5, 5.41) is 2.98. The van der Waals surface area contributed by atoms with Gasteiger partial charge in [-0.3, -0.25) is 14.4 Å². The molecule has 0 saturated carbocycles. The average Bonchev–Trinajstić information content (AvgIpc) is 3.32. The van der Waals surface area contributed by atoms with Crippen molar-refractivity contribution in [1.29, 1.82) is 0 Å². The number of nitrogens with one attached hydrogen (secondary N) is 2. The molecule has 4 rings (SSSR count). The third kappa shape index (κ3) is 6.00. The number of aryl methyl sites for hydroxylation is 1.